The molecule has 0 bridgehead atoms. The third kappa shape index (κ3) is 20.2. The van der Waals surface area contributed by atoms with Gasteiger partial charge in [0.15, 0.2) is 0 Å². The second-order valence-electron chi connectivity index (χ2n) is 8.11. The Labute approximate surface area is 137 Å². The minimum Gasteiger partial charge on any atom is -0.0695 e. The van der Waals surface area contributed by atoms with Crippen LogP contribution in [-0.4, -0.2) is 8.07 Å². The van der Waals surface area contributed by atoms with Gasteiger partial charge in [-0.1, -0.05) is 129 Å². The van der Waals surface area contributed by atoms with E-state index in [0.29, 0.717) is 0 Å². The highest BCUT2D eigenvalue weighted by Crippen LogP contribution is 2.16. The van der Waals surface area contributed by atoms with E-state index in [-0.39, 0.29) is 0 Å². The summed E-state index contributed by atoms with van der Waals surface area (Å²) in [6.07, 6.45) is 21.6. The molecule has 0 amide bonds. The first-order valence-electron chi connectivity index (χ1n) is 9.85. The third-order valence-electron chi connectivity index (χ3n) is 4.43. The Morgan fingerprint density at radius 1 is 0.476 bits per heavy atom. The highest BCUT2D eigenvalue weighted by molar-refractivity contribution is 6.76. The SMILES string of the molecule is [CH2]CCCCCCCCCCCCCCCC[Si](C)(C)C. The Morgan fingerprint density at radius 2 is 0.762 bits per heavy atom. The van der Waals surface area contributed by atoms with Crippen LogP contribution in [0.3, 0.4) is 0 Å². The number of unbranched alkanes of at least 4 members (excludes halogenated alkanes) is 14. The Balaban J connectivity index is 3.00. The summed E-state index contributed by atoms with van der Waals surface area (Å²) in [5.74, 6) is 0. The van der Waals surface area contributed by atoms with Crippen molar-refractivity contribution in [2.24, 2.45) is 0 Å². The fourth-order valence-electron chi connectivity index (χ4n) is 2.95. The van der Waals surface area contributed by atoms with E-state index in [4.69, 9.17) is 0 Å². The molecule has 0 saturated heterocycles. The van der Waals surface area contributed by atoms with Crippen LogP contribution in [0.15, 0.2) is 0 Å². The van der Waals surface area contributed by atoms with Crippen LogP contribution in [0.5, 0.6) is 0 Å². The molecule has 1 radical (unpaired) electrons. The van der Waals surface area contributed by atoms with Gasteiger partial charge in [-0.25, -0.2) is 0 Å². The molecule has 21 heavy (non-hydrogen) atoms. The number of rotatable bonds is 16. The summed E-state index contributed by atoms with van der Waals surface area (Å²) in [4.78, 5) is 0. The molecule has 0 aromatic rings. The van der Waals surface area contributed by atoms with E-state index < -0.39 is 8.07 Å². The molecule has 0 spiro atoms. The van der Waals surface area contributed by atoms with Crippen LogP contribution >= 0.6 is 0 Å². The van der Waals surface area contributed by atoms with Crippen LogP contribution in [0.25, 0.3) is 0 Å². The maximum absolute atomic E-state index is 3.90. The van der Waals surface area contributed by atoms with E-state index in [2.05, 4.69) is 26.6 Å². The summed E-state index contributed by atoms with van der Waals surface area (Å²) in [5.41, 5.74) is 0. The van der Waals surface area contributed by atoms with Crippen LogP contribution in [-0.2, 0) is 0 Å². The first-order chi connectivity index (χ1) is 10.1. The Bertz CT molecular complexity index is 193. The van der Waals surface area contributed by atoms with Gasteiger partial charge in [-0.05, 0) is 0 Å². The van der Waals surface area contributed by atoms with Crippen molar-refractivity contribution in [3.63, 3.8) is 0 Å². The highest BCUT2D eigenvalue weighted by Gasteiger charge is 2.11. The molecule has 0 heterocycles. The second kappa shape index (κ2) is 15.1. The van der Waals surface area contributed by atoms with Crippen molar-refractivity contribution < 1.29 is 0 Å². The normalized spacial score (nSPS) is 12.0. The molecule has 0 nitrogen and oxygen atoms in total. The molecule has 127 valence electrons. The van der Waals surface area contributed by atoms with Crippen molar-refractivity contribution in [1.82, 2.24) is 0 Å². The summed E-state index contributed by atoms with van der Waals surface area (Å²) >= 11 is 0. The third-order valence-corrected chi connectivity index (χ3v) is 6.28. The molecule has 0 saturated carbocycles. The van der Waals surface area contributed by atoms with Gasteiger partial charge < -0.3 is 0 Å². The fourth-order valence-corrected chi connectivity index (χ4v) is 4.26. The van der Waals surface area contributed by atoms with E-state index in [0.717, 1.165) is 6.42 Å². The summed E-state index contributed by atoms with van der Waals surface area (Å²) < 4.78 is 0. The summed E-state index contributed by atoms with van der Waals surface area (Å²) in [7, 11) is -0.765. The van der Waals surface area contributed by atoms with Gasteiger partial charge in [0.2, 0.25) is 0 Å². The minimum absolute atomic E-state index is 0.765. The zero-order valence-corrected chi connectivity index (χ0v) is 16.5. The lowest BCUT2D eigenvalue weighted by Crippen LogP contribution is -2.18. The minimum atomic E-state index is -0.765. The van der Waals surface area contributed by atoms with Crippen molar-refractivity contribution >= 4 is 8.07 Å². The van der Waals surface area contributed by atoms with Crippen molar-refractivity contribution in [2.45, 2.75) is 122 Å². The van der Waals surface area contributed by atoms with Gasteiger partial charge in [0, 0.05) is 8.07 Å². The first kappa shape index (κ1) is 21.2. The van der Waals surface area contributed by atoms with Crippen molar-refractivity contribution in [3.8, 4) is 0 Å². The van der Waals surface area contributed by atoms with Gasteiger partial charge >= 0.3 is 0 Å². The van der Waals surface area contributed by atoms with Crippen LogP contribution in [0.1, 0.15) is 96.3 Å². The predicted molar refractivity (Wildman–Crippen MR) is 103 cm³/mol. The summed E-state index contributed by atoms with van der Waals surface area (Å²) in [6, 6.07) is 1.53. The smallest absolute Gasteiger partial charge is 0.0442 e. The van der Waals surface area contributed by atoms with Crippen molar-refractivity contribution in [2.75, 3.05) is 0 Å². The first-order valence-corrected chi connectivity index (χ1v) is 13.6. The lowest BCUT2D eigenvalue weighted by molar-refractivity contribution is 0.536. The molecule has 0 atom stereocenters. The molecule has 0 unspecified atom stereocenters. The molecule has 0 aliphatic rings. The molecular weight excluding hydrogens is 268 g/mol. The maximum Gasteiger partial charge on any atom is 0.0442 e. The lowest BCUT2D eigenvalue weighted by Gasteiger charge is -2.14. The predicted octanol–water partition coefficient (Wildman–Crippen LogP) is 8.01. The van der Waals surface area contributed by atoms with Crippen LogP contribution in [0.4, 0.5) is 0 Å². The zero-order valence-electron chi connectivity index (χ0n) is 15.5. The average Bonchev–Trinajstić information content (AvgIpc) is 2.42. The molecule has 0 N–H and O–H groups in total. The van der Waals surface area contributed by atoms with E-state index in [1.807, 2.05) is 0 Å². The molecule has 0 rings (SSSR count). The molecular formula is C20H43Si. The molecule has 0 aromatic carbocycles. The van der Waals surface area contributed by atoms with Gasteiger partial charge in [0.05, 0.1) is 0 Å². The summed E-state index contributed by atoms with van der Waals surface area (Å²) in [6.45, 7) is 11.4. The van der Waals surface area contributed by atoms with E-state index >= 15 is 0 Å². The molecule has 0 aliphatic carbocycles. The average molecular weight is 312 g/mol. The topological polar surface area (TPSA) is 0 Å². The quantitative estimate of drug-likeness (QED) is 0.200. The van der Waals surface area contributed by atoms with Gasteiger partial charge in [0.1, 0.15) is 0 Å². The van der Waals surface area contributed by atoms with Gasteiger partial charge in [-0.15, -0.1) is 0 Å². The molecule has 0 aromatic heterocycles. The highest BCUT2D eigenvalue weighted by atomic mass is 28.3. The van der Waals surface area contributed by atoms with Gasteiger partial charge in [-0.3, -0.25) is 0 Å². The van der Waals surface area contributed by atoms with Crippen LogP contribution in [0.2, 0.25) is 25.7 Å². The van der Waals surface area contributed by atoms with E-state index in [1.165, 1.54) is 95.9 Å². The standard InChI is InChI=1S/C20H43Si/c1-5-6-7-8-9-10-11-12-13-14-15-16-17-18-19-20-21(2,3)4/h1,5-20H2,2-4H3. The number of hydrogen-bond acceptors (Lipinski definition) is 0. The van der Waals surface area contributed by atoms with Crippen LogP contribution < -0.4 is 0 Å². The van der Waals surface area contributed by atoms with Crippen molar-refractivity contribution in [1.29, 1.82) is 0 Å². The van der Waals surface area contributed by atoms with Crippen LogP contribution in [0, 0.1) is 6.92 Å². The second-order valence-corrected chi connectivity index (χ2v) is 13.7. The molecule has 0 fully saturated rings. The summed E-state index contributed by atoms with van der Waals surface area (Å²) in [5, 5.41) is 0. The fraction of sp³-hybridized carbons (Fsp3) is 0.950. The zero-order chi connectivity index (χ0) is 15.8. The number of hydrogen-bond donors (Lipinski definition) is 0. The van der Waals surface area contributed by atoms with Crippen molar-refractivity contribution in [3.05, 3.63) is 6.92 Å². The monoisotopic (exact) mass is 311 g/mol. The van der Waals surface area contributed by atoms with E-state index in [1.54, 1.807) is 0 Å². The van der Waals surface area contributed by atoms with E-state index in [9.17, 15) is 0 Å². The molecule has 0 aliphatic heterocycles. The Hall–Kier alpha value is 0.217. The van der Waals surface area contributed by atoms with Gasteiger partial charge in [0.25, 0.3) is 0 Å². The lowest BCUT2D eigenvalue weighted by atomic mass is 10.0. The Kier molecular flexibility index (Phi) is 15.3. The maximum atomic E-state index is 3.90. The largest absolute Gasteiger partial charge is 0.0695 e. The Morgan fingerprint density at radius 3 is 1.05 bits per heavy atom. The molecule has 1 heteroatoms. The van der Waals surface area contributed by atoms with Gasteiger partial charge in [-0.2, -0.15) is 0 Å².